The third kappa shape index (κ3) is 2.80. The van der Waals surface area contributed by atoms with Crippen LogP contribution in [0.4, 0.5) is 8.78 Å². The lowest BCUT2D eigenvalue weighted by molar-refractivity contribution is -0.125. The van der Waals surface area contributed by atoms with Gasteiger partial charge < -0.3 is 4.90 Å². The first-order chi connectivity index (χ1) is 9.02. The third-order valence-corrected chi connectivity index (χ3v) is 3.47. The van der Waals surface area contributed by atoms with Gasteiger partial charge in [0.1, 0.15) is 5.78 Å². The average Bonchev–Trinajstić information content (AvgIpc) is 2.41. The Hall–Kier alpha value is -1.78. The first-order valence-corrected chi connectivity index (χ1v) is 6.30. The molecule has 0 saturated carbocycles. The molecule has 19 heavy (non-hydrogen) atoms. The fourth-order valence-electron chi connectivity index (χ4n) is 2.26. The summed E-state index contributed by atoms with van der Waals surface area (Å²) < 4.78 is 25.9. The predicted octanol–water partition coefficient (Wildman–Crippen LogP) is 2.41. The number of carbonyl (C=O) groups excluding carboxylic acids is 2. The first kappa shape index (κ1) is 13.6. The number of amides is 1. The maximum atomic E-state index is 13.1. The molecule has 0 aromatic heterocycles. The van der Waals surface area contributed by atoms with Crippen LogP contribution in [-0.2, 0) is 4.79 Å². The van der Waals surface area contributed by atoms with Gasteiger partial charge in [-0.3, -0.25) is 9.59 Å². The van der Waals surface area contributed by atoms with E-state index in [-0.39, 0.29) is 23.2 Å². The molecule has 0 N–H and O–H groups in total. The van der Waals surface area contributed by atoms with Crippen LogP contribution in [0.3, 0.4) is 0 Å². The van der Waals surface area contributed by atoms with Crippen LogP contribution in [0, 0.1) is 17.6 Å². The van der Waals surface area contributed by atoms with E-state index in [1.807, 2.05) is 6.92 Å². The Morgan fingerprint density at radius 2 is 2.11 bits per heavy atom. The summed E-state index contributed by atoms with van der Waals surface area (Å²) in [6.07, 6.45) is 1.01. The molecule has 1 fully saturated rings. The third-order valence-electron chi connectivity index (χ3n) is 3.47. The highest BCUT2D eigenvalue weighted by molar-refractivity contribution is 5.95. The summed E-state index contributed by atoms with van der Waals surface area (Å²) in [7, 11) is 0. The summed E-state index contributed by atoms with van der Waals surface area (Å²) >= 11 is 0. The summed E-state index contributed by atoms with van der Waals surface area (Å²) in [5, 5.41) is 0. The molecule has 1 amide bonds. The number of ketones is 1. The van der Waals surface area contributed by atoms with Gasteiger partial charge in [0.2, 0.25) is 0 Å². The van der Waals surface area contributed by atoms with Crippen LogP contribution in [0.25, 0.3) is 0 Å². The van der Waals surface area contributed by atoms with Gasteiger partial charge in [-0.2, -0.15) is 0 Å². The van der Waals surface area contributed by atoms with E-state index in [1.165, 1.54) is 11.0 Å². The summed E-state index contributed by atoms with van der Waals surface area (Å²) in [4.78, 5) is 25.3. The number of carbonyl (C=O) groups is 2. The second-order valence-corrected chi connectivity index (χ2v) is 4.70. The van der Waals surface area contributed by atoms with Crippen LogP contribution in [0.5, 0.6) is 0 Å². The summed E-state index contributed by atoms with van der Waals surface area (Å²) in [5.41, 5.74) is 0.114. The molecular formula is C14H15F2NO2. The lowest BCUT2D eigenvalue weighted by Crippen LogP contribution is -2.43. The molecule has 0 radical (unpaired) electrons. The van der Waals surface area contributed by atoms with Gasteiger partial charge in [-0.05, 0) is 24.6 Å². The number of hydrogen-bond acceptors (Lipinski definition) is 2. The highest BCUT2D eigenvalue weighted by Gasteiger charge is 2.29. The molecule has 1 heterocycles. The number of nitrogens with zero attached hydrogens (tertiary/aromatic N) is 1. The van der Waals surface area contributed by atoms with Crippen molar-refractivity contribution >= 4 is 11.7 Å². The zero-order valence-corrected chi connectivity index (χ0v) is 10.7. The van der Waals surface area contributed by atoms with Gasteiger partial charge >= 0.3 is 0 Å². The molecular weight excluding hydrogens is 252 g/mol. The van der Waals surface area contributed by atoms with Crippen LogP contribution in [0.1, 0.15) is 30.1 Å². The number of hydrogen-bond donors (Lipinski definition) is 0. The maximum Gasteiger partial charge on any atom is 0.253 e. The van der Waals surface area contributed by atoms with E-state index >= 15 is 0 Å². The largest absolute Gasteiger partial charge is 0.337 e. The van der Waals surface area contributed by atoms with Gasteiger partial charge in [0, 0.05) is 31.0 Å². The Bertz CT molecular complexity index is 516. The van der Waals surface area contributed by atoms with Gasteiger partial charge in [-0.25, -0.2) is 8.78 Å². The fourth-order valence-corrected chi connectivity index (χ4v) is 2.26. The van der Waals surface area contributed by atoms with Crippen molar-refractivity contribution in [3.05, 3.63) is 35.4 Å². The minimum absolute atomic E-state index is 0.114. The van der Waals surface area contributed by atoms with Crippen molar-refractivity contribution in [3.63, 3.8) is 0 Å². The molecule has 1 aliphatic heterocycles. The number of rotatable bonds is 2. The van der Waals surface area contributed by atoms with Crippen LogP contribution >= 0.6 is 0 Å². The van der Waals surface area contributed by atoms with Crippen LogP contribution < -0.4 is 0 Å². The number of Topliss-reactive ketones (excluding diaryl/α,β-unsaturated/α-hetero) is 1. The fraction of sp³-hybridized carbons (Fsp3) is 0.429. The van der Waals surface area contributed by atoms with E-state index in [0.29, 0.717) is 25.9 Å². The monoisotopic (exact) mass is 267 g/mol. The molecule has 3 nitrogen and oxygen atoms in total. The molecule has 0 bridgehead atoms. The number of benzene rings is 1. The highest BCUT2D eigenvalue weighted by atomic mass is 19.2. The minimum Gasteiger partial charge on any atom is -0.337 e. The number of likely N-dealkylation sites (tertiary alicyclic amines) is 1. The quantitative estimate of drug-likeness (QED) is 0.825. The Kier molecular flexibility index (Phi) is 3.93. The smallest absolute Gasteiger partial charge is 0.253 e. The second kappa shape index (κ2) is 5.47. The molecule has 1 saturated heterocycles. The van der Waals surface area contributed by atoms with E-state index < -0.39 is 11.6 Å². The highest BCUT2D eigenvalue weighted by Crippen LogP contribution is 2.19. The van der Waals surface area contributed by atoms with Gasteiger partial charge in [0.05, 0.1) is 0 Å². The van der Waals surface area contributed by atoms with E-state index in [9.17, 15) is 18.4 Å². The van der Waals surface area contributed by atoms with Crippen LogP contribution in [0.2, 0.25) is 0 Å². The summed E-state index contributed by atoms with van der Waals surface area (Å²) in [6, 6.07) is 3.10. The lowest BCUT2D eigenvalue weighted by atomic mass is 9.93. The molecule has 1 aromatic carbocycles. The van der Waals surface area contributed by atoms with Crippen molar-refractivity contribution in [1.82, 2.24) is 4.90 Å². The van der Waals surface area contributed by atoms with Crippen molar-refractivity contribution in [2.45, 2.75) is 19.8 Å². The number of halogens is 2. The lowest BCUT2D eigenvalue weighted by Gasteiger charge is -2.31. The molecule has 1 aromatic rings. The first-order valence-electron chi connectivity index (χ1n) is 6.30. The van der Waals surface area contributed by atoms with Crippen LogP contribution in [-0.4, -0.2) is 29.7 Å². The van der Waals surface area contributed by atoms with E-state index in [4.69, 9.17) is 0 Å². The van der Waals surface area contributed by atoms with E-state index in [1.54, 1.807) is 0 Å². The summed E-state index contributed by atoms with van der Waals surface area (Å²) in [6.45, 7) is 2.59. The molecule has 102 valence electrons. The summed E-state index contributed by atoms with van der Waals surface area (Å²) in [5.74, 6) is -2.35. The zero-order chi connectivity index (χ0) is 14.0. The molecule has 1 unspecified atom stereocenters. The molecule has 0 aliphatic carbocycles. The Labute approximate surface area is 110 Å². The van der Waals surface area contributed by atoms with Gasteiger partial charge in [-0.15, -0.1) is 0 Å². The number of piperidine rings is 1. The Morgan fingerprint density at radius 3 is 2.74 bits per heavy atom. The van der Waals surface area contributed by atoms with Gasteiger partial charge in [0.15, 0.2) is 11.6 Å². The zero-order valence-electron chi connectivity index (χ0n) is 10.7. The minimum atomic E-state index is -1.04. The molecule has 1 aliphatic rings. The standard InChI is InChI=1S/C14H15F2NO2/c1-2-9-8-17(6-5-13(9)18)14(19)10-3-4-11(15)12(16)7-10/h3-4,7,9H,2,5-6,8H2,1H3. The van der Waals surface area contributed by atoms with Crippen molar-refractivity contribution in [2.75, 3.05) is 13.1 Å². The molecule has 0 spiro atoms. The van der Waals surface area contributed by atoms with Gasteiger partial charge in [0.25, 0.3) is 5.91 Å². The van der Waals surface area contributed by atoms with Crippen molar-refractivity contribution in [2.24, 2.45) is 5.92 Å². The normalized spacial score (nSPS) is 19.6. The molecule has 1 atom stereocenters. The SMILES string of the molecule is CCC1CN(C(=O)c2ccc(F)c(F)c2)CCC1=O. The molecule has 5 heteroatoms. The molecule has 2 rings (SSSR count). The average molecular weight is 267 g/mol. The van der Waals surface area contributed by atoms with Crippen molar-refractivity contribution < 1.29 is 18.4 Å². The van der Waals surface area contributed by atoms with Gasteiger partial charge in [-0.1, -0.05) is 6.92 Å². The van der Waals surface area contributed by atoms with E-state index in [0.717, 1.165) is 12.1 Å². The van der Waals surface area contributed by atoms with Crippen molar-refractivity contribution in [1.29, 1.82) is 0 Å². The second-order valence-electron chi connectivity index (χ2n) is 4.70. The predicted molar refractivity (Wildman–Crippen MR) is 65.7 cm³/mol. The topological polar surface area (TPSA) is 37.4 Å². The van der Waals surface area contributed by atoms with E-state index in [2.05, 4.69) is 0 Å². The van der Waals surface area contributed by atoms with Crippen LogP contribution in [0.15, 0.2) is 18.2 Å². The Balaban J connectivity index is 2.15. The van der Waals surface area contributed by atoms with Crippen molar-refractivity contribution in [3.8, 4) is 0 Å². The Morgan fingerprint density at radius 1 is 1.37 bits per heavy atom. The maximum absolute atomic E-state index is 13.1.